The quantitative estimate of drug-likeness (QED) is 0.785. The largest absolute Gasteiger partial charge is 0.467 e. The fourth-order valence-corrected chi connectivity index (χ4v) is 2.44. The molecule has 6 heteroatoms. The predicted octanol–water partition coefficient (Wildman–Crippen LogP) is 2.48. The van der Waals surface area contributed by atoms with Crippen molar-refractivity contribution in [3.05, 3.63) is 17.5 Å². The number of nitrogens with one attached hydrogen (secondary N) is 1. The molecule has 0 aliphatic heterocycles. The number of carbonyl (C=O) groups excluding carboxylic acids is 2. The lowest BCUT2D eigenvalue weighted by Gasteiger charge is -2.19. The van der Waals surface area contributed by atoms with Gasteiger partial charge in [-0.2, -0.15) is 5.10 Å². The summed E-state index contributed by atoms with van der Waals surface area (Å²) in [5.41, 5.74) is 1.27. The van der Waals surface area contributed by atoms with Crippen LogP contribution in [0.2, 0.25) is 0 Å². The monoisotopic (exact) mass is 309 g/mol. The molecule has 0 aliphatic rings. The minimum absolute atomic E-state index is 0.0568. The van der Waals surface area contributed by atoms with Crippen molar-refractivity contribution < 1.29 is 14.3 Å². The molecule has 1 amide bonds. The van der Waals surface area contributed by atoms with Crippen LogP contribution < -0.4 is 5.32 Å². The molecule has 0 aromatic carbocycles. The van der Waals surface area contributed by atoms with Crippen LogP contribution in [-0.4, -0.2) is 34.8 Å². The van der Waals surface area contributed by atoms with Gasteiger partial charge in [0, 0.05) is 5.69 Å². The van der Waals surface area contributed by atoms with E-state index in [0.29, 0.717) is 5.69 Å². The molecular formula is C16H27N3O3. The van der Waals surface area contributed by atoms with E-state index in [9.17, 15) is 9.59 Å². The third-order valence-corrected chi connectivity index (χ3v) is 3.85. The average molecular weight is 309 g/mol. The first kappa shape index (κ1) is 18.2. The predicted molar refractivity (Wildman–Crippen MR) is 84.7 cm³/mol. The number of nitrogens with zero attached hydrogens (tertiary/aromatic N) is 2. The van der Waals surface area contributed by atoms with E-state index in [4.69, 9.17) is 4.74 Å². The van der Waals surface area contributed by atoms with Gasteiger partial charge in [-0.25, -0.2) is 4.79 Å². The summed E-state index contributed by atoms with van der Waals surface area (Å²) >= 11 is 0. The average Bonchev–Trinajstić information content (AvgIpc) is 2.87. The molecule has 22 heavy (non-hydrogen) atoms. The molecule has 0 radical (unpaired) electrons. The van der Waals surface area contributed by atoms with Crippen LogP contribution in [0.25, 0.3) is 0 Å². The molecule has 1 rings (SSSR count). The number of methoxy groups -OCH3 is 1. The van der Waals surface area contributed by atoms with Crippen molar-refractivity contribution in [2.45, 2.75) is 59.5 Å². The fraction of sp³-hybridized carbons (Fsp3) is 0.688. The van der Waals surface area contributed by atoms with Crippen molar-refractivity contribution in [1.82, 2.24) is 15.1 Å². The number of carbonyl (C=O) groups is 2. The number of hydrogen-bond donors (Lipinski definition) is 1. The van der Waals surface area contributed by atoms with Gasteiger partial charge >= 0.3 is 5.97 Å². The van der Waals surface area contributed by atoms with E-state index < -0.39 is 12.0 Å². The number of rotatable bonds is 7. The molecule has 1 heterocycles. The molecule has 0 saturated carbocycles. The van der Waals surface area contributed by atoms with Gasteiger partial charge < -0.3 is 10.1 Å². The molecule has 0 unspecified atom stereocenters. The summed E-state index contributed by atoms with van der Waals surface area (Å²) < 4.78 is 6.62. The van der Waals surface area contributed by atoms with Crippen LogP contribution in [0.4, 0.5) is 0 Å². The first-order valence-electron chi connectivity index (χ1n) is 7.80. The van der Waals surface area contributed by atoms with E-state index >= 15 is 0 Å². The Morgan fingerprint density at radius 3 is 2.36 bits per heavy atom. The van der Waals surface area contributed by atoms with Gasteiger partial charge in [-0.05, 0) is 31.7 Å². The standard InChI is InChI=1S/C16H27N3O3/c1-7-12(8-2)19-11(5)9-13(18-19)15(20)17-14(10(3)4)16(21)22-6/h9-10,12,14H,7-8H2,1-6H3,(H,17,20)/t14-/m1/s1. The van der Waals surface area contributed by atoms with E-state index in [1.54, 1.807) is 6.07 Å². The van der Waals surface area contributed by atoms with Crippen molar-refractivity contribution in [3.63, 3.8) is 0 Å². The smallest absolute Gasteiger partial charge is 0.328 e. The third kappa shape index (κ3) is 4.08. The van der Waals surface area contributed by atoms with Gasteiger partial charge in [0.2, 0.25) is 0 Å². The van der Waals surface area contributed by atoms with Gasteiger partial charge in [0.1, 0.15) is 11.7 Å². The zero-order chi connectivity index (χ0) is 16.9. The van der Waals surface area contributed by atoms with E-state index in [1.807, 2.05) is 25.5 Å². The maximum absolute atomic E-state index is 12.4. The van der Waals surface area contributed by atoms with Crippen LogP contribution in [0.5, 0.6) is 0 Å². The Labute approximate surface area is 132 Å². The summed E-state index contributed by atoms with van der Waals surface area (Å²) in [6.45, 7) is 9.84. The minimum atomic E-state index is -0.670. The minimum Gasteiger partial charge on any atom is -0.467 e. The molecule has 1 aromatic rings. The lowest BCUT2D eigenvalue weighted by atomic mass is 10.0. The van der Waals surface area contributed by atoms with E-state index in [-0.39, 0.29) is 17.9 Å². The summed E-state index contributed by atoms with van der Waals surface area (Å²) in [5.74, 6) is -0.852. The molecule has 1 aromatic heterocycles. The van der Waals surface area contributed by atoms with Crippen molar-refractivity contribution in [2.75, 3.05) is 7.11 Å². The van der Waals surface area contributed by atoms with Crippen LogP contribution in [0, 0.1) is 12.8 Å². The lowest BCUT2D eigenvalue weighted by Crippen LogP contribution is -2.45. The number of esters is 1. The topological polar surface area (TPSA) is 73.2 Å². The third-order valence-electron chi connectivity index (χ3n) is 3.85. The Hall–Kier alpha value is -1.85. The maximum atomic E-state index is 12.4. The first-order valence-corrected chi connectivity index (χ1v) is 7.80. The van der Waals surface area contributed by atoms with Crippen LogP contribution in [-0.2, 0) is 9.53 Å². The highest BCUT2D eigenvalue weighted by molar-refractivity contribution is 5.95. The summed E-state index contributed by atoms with van der Waals surface area (Å²) in [7, 11) is 1.32. The zero-order valence-electron chi connectivity index (χ0n) is 14.3. The molecule has 0 saturated heterocycles. The van der Waals surface area contributed by atoms with Crippen molar-refractivity contribution in [3.8, 4) is 0 Å². The van der Waals surface area contributed by atoms with E-state index in [0.717, 1.165) is 18.5 Å². The second kappa shape index (κ2) is 7.96. The summed E-state index contributed by atoms with van der Waals surface area (Å²) in [6.07, 6.45) is 1.91. The SMILES string of the molecule is CCC(CC)n1nc(C(=O)N[C@@H](C(=O)OC)C(C)C)cc1C. The number of aryl methyl sites for hydroxylation is 1. The second-order valence-electron chi connectivity index (χ2n) is 5.80. The number of ether oxygens (including phenoxy) is 1. The van der Waals surface area contributed by atoms with Crippen LogP contribution in [0.15, 0.2) is 6.07 Å². The summed E-state index contributed by atoms with van der Waals surface area (Å²) in [5, 5.41) is 7.11. The second-order valence-corrected chi connectivity index (χ2v) is 5.80. The highest BCUT2D eigenvalue weighted by Gasteiger charge is 2.26. The van der Waals surface area contributed by atoms with Gasteiger partial charge in [0.25, 0.3) is 5.91 Å². The van der Waals surface area contributed by atoms with E-state index in [2.05, 4.69) is 24.3 Å². The normalized spacial score (nSPS) is 12.5. The molecule has 1 atom stereocenters. The van der Waals surface area contributed by atoms with Crippen molar-refractivity contribution in [1.29, 1.82) is 0 Å². The fourth-order valence-electron chi connectivity index (χ4n) is 2.44. The molecular weight excluding hydrogens is 282 g/mol. The van der Waals surface area contributed by atoms with Crippen LogP contribution in [0.3, 0.4) is 0 Å². The van der Waals surface area contributed by atoms with Crippen molar-refractivity contribution in [2.24, 2.45) is 5.92 Å². The highest BCUT2D eigenvalue weighted by atomic mass is 16.5. The summed E-state index contributed by atoms with van der Waals surface area (Å²) in [6, 6.07) is 1.36. The number of aromatic nitrogens is 2. The Kier molecular flexibility index (Phi) is 6.59. The Bertz CT molecular complexity index is 519. The molecule has 124 valence electrons. The Morgan fingerprint density at radius 2 is 1.91 bits per heavy atom. The molecule has 0 bridgehead atoms. The molecule has 6 nitrogen and oxygen atoms in total. The Morgan fingerprint density at radius 1 is 1.32 bits per heavy atom. The van der Waals surface area contributed by atoms with Gasteiger partial charge in [-0.1, -0.05) is 27.7 Å². The summed E-state index contributed by atoms with van der Waals surface area (Å²) in [4.78, 5) is 24.1. The maximum Gasteiger partial charge on any atom is 0.328 e. The molecule has 0 aliphatic carbocycles. The van der Waals surface area contributed by atoms with Crippen LogP contribution >= 0.6 is 0 Å². The lowest BCUT2D eigenvalue weighted by molar-refractivity contribution is -0.144. The van der Waals surface area contributed by atoms with Gasteiger partial charge in [-0.3, -0.25) is 9.48 Å². The molecule has 0 spiro atoms. The van der Waals surface area contributed by atoms with E-state index in [1.165, 1.54) is 7.11 Å². The highest BCUT2D eigenvalue weighted by Crippen LogP contribution is 2.18. The molecule has 1 N–H and O–H groups in total. The van der Waals surface area contributed by atoms with Crippen molar-refractivity contribution >= 4 is 11.9 Å². The number of amides is 1. The molecule has 0 fully saturated rings. The van der Waals surface area contributed by atoms with Crippen LogP contribution in [0.1, 0.15) is 62.8 Å². The van der Waals surface area contributed by atoms with Gasteiger partial charge in [0.15, 0.2) is 0 Å². The number of hydrogen-bond acceptors (Lipinski definition) is 4. The Balaban J connectivity index is 2.94. The van der Waals surface area contributed by atoms with Gasteiger partial charge in [-0.15, -0.1) is 0 Å². The first-order chi connectivity index (χ1) is 10.3. The van der Waals surface area contributed by atoms with Gasteiger partial charge in [0.05, 0.1) is 13.2 Å². The zero-order valence-corrected chi connectivity index (χ0v) is 14.3.